The van der Waals surface area contributed by atoms with Gasteiger partial charge in [-0.3, -0.25) is 4.79 Å². The topological polar surface area (TPSA) is 40.9 Å². The molecule has 0 saturated heterocycles. The maximum atomic E-state index is 11.3. The number of hydrogen-bond acceptors (Lipinski definition) is 2. The fourth-order valence-electron chi connectivity index (χ4n) is 1.06. The lowest BCUT2D eigenvalue weighted by molar-refractivity contribution is -0.116. The summed E-state index contributed by atoms with van der Waals surface area (Å²) in [6.07, 6.45) is 0. The van der Waals surface area contributed by atoms with Crippen LogP contribution in [0.25, 0.3) is 0 Å². The van der Waals surface area contributed by atoms with Crippen LogP contribution in [0.3, 0.4) is 0 Å². The minimum atomic E-state index is -0.638. The summed E-state index contributed by atoms with van der Waals surface area (Å²) in [7, 11) is 0. The van der Waals surface area contributed by atoms with E-state index in [-0.39, 0.29) is 11.1 Å². The Kier molecular flexibility index (Phi) is 3.66. The van der Waals surface area contributed by atoms with Crippen LogP contribution in [0.5, 0.6) is 0 Å². The molecule has 0 aromatic heterocycles. The molecule has 0 radical (unpaired) electrons. The average Bonchev–Trinajstić information content (AvgIpc) is 2.20. The summed E-state index contributed by atoms with van der Waals surface area (Å²) in [6, 6.07) is 11.1. The van der Waals surface area contributed by atoms with Crippen molar-refractivity contribution in [1.29, 1.82) is 5.26 Å². The number of nitriles is 1. The van der Waals surface area contributed by atoms with E-state index in [4.69, 9.17) is 5.26 Å². The molecule has 0 amide bonds. The first-order chi connectivity index (χ1) is 6.29. The molecule has 0 bridgehead atoms. The number of rotatable bonds is 3. The van der Waals surface area contributed by atoms with E-state index in [0.29, 0.717) is 0 Å². The maximum absolute atomic E-state index is 11.3. The van der Waals surface area contributed by atoms with Gasteiger partial charge in [0, 0.05) is 0 Å². The molecule has 66 valence electrons. The molecular formula is C10H8BrNO. The van der Waals surface area contributed by atoms with Crippen LogP contribution in [0.1, 0.15) is 11.5 Å². The second kappa shape index (κ2) is 4.78. The molecule has 0 heterocycles. The Morgan fingerprint density at radius 3 is 2.54 bits per heavy atom. The Bertz CT molecular complexity index is 329. The zero-order valence-electron chi connectivity index (χ0n) is 6.90. The van der Waals surface area contributed by atoms with Gasteiger partial charge in [0.25, 0.3) is 0 Å². The van der Waals surface area contributed by atoms with Crippen molar-refractivity contribution >= 4 is 21.7 Å². The van der Waals surface area contributed by atoms with Crippen molar-refractivity contribution in [3.63, 3.8) is 0 Å². The number of nitrogens with zero attached hydrogens (tertiary/aromatic N) is 1. The highest BCUT2D eigenvalue weighted by Crippen LogP contribution is 2.16. The van der Waals surface area contributed by atoms with Gasteiger partial charge >= 0.3 is 0 Å². The molecule has 1 aromatic carbocycles. The van der Waals surface area contributed by atoms with Crippen LogP contribution in [0, 0.1) is 11.3 Å². The number of Topliss-reactive ketones (excluding diaryl/α,β-unsaturated/α-hetero) is 1. The van der Waals surface area contributed by atoms with Crippen LogP contribution in [-0.4, -0.2) is 11.1 Å². The predicted molar refractivity (Wildman–Crippen MR) is 53.6 cm³/mol. The lowest BCUT2D eigenvalue weighted by Crippen LogP contribution is -2.11. The monoisotopic (exact) mass is 237 g/mol. The zero-order valence-corrected chi connectivity index (χ0v) is 8.49. The highest BCUT2D eigenvalue weighted by molar-refractivity contribution is 9.09. The molecule has 0 aliphatic carbocycles. The van der Waals surface area contributed by atoms with E-state index in [0.717, 1.165) is 5.56 Å². The van der Waals surface area contributed by atoms with E-state index < -0.39 is 5.92 Å². The van der Waals surface area contributed by atoms with E-state index in [2.05, 4.69) is 15.9 Å². The van der Waals surface area contributed by atoms with E-state index >= 15 is 0 Å². The largest absolute Gasteiger partial charge is 0.297 e. The molecule has 0 aliphatic rings. The zero-order chi connectivity index (χ0) is 9.68. The first-order valence-corrected chi connectivity index (χ1v) is 4.95. The molecule has 1 aromatic rings. The number of alkyl halides is 1. The fraction of sp³-hybridized carbons (Fsp3) is 0.200. The summed E-state index contributed by atoms with van der Waals surface area (Å²) in [5, 5.41) is 9.01. The smallest absolute Gasteiger partial charge is 0.164 e. The Hall–Kier alpha value is -1.14. The van der Waals surface area contributed by atoms with Crippen LogP contribution in [0.2, 0.25) is 0 Å². The third-order valence-corrected chi connectivity index (χ3v) is 2.27. The van der Waals surface area contributed by atoms with Crippen molar-refractivity contribution in [2.24, 2.45) is 0 Å². The van der Waals surface area contributed by atoms with Gasteiger partial charge in [0.15, 0.2) is 5.78 Å². The summed E-state index contributed by atoms with van der Waals surface area (Å²) in [5.74, 6) is -0.741. The fourth-order valence-corrected chi connectivity index (χ4v) is 1.38. The van der Waals surface area contributed by atoms with Crippen molar-refractivity contribution in [2.75, 3.05) is 5.33 Å². The van der Waals surface area contributed by atoms with Gasteiger partial charge in [0.2, 0.25) is 0 Å². The molecule has 0 aliphatic heterocycles. The maximum Gasteiger partial charge on any atom is 0.164 e. The number of ketones is 1. The molecule has 1 rings (SSSR count). The molecular weight excluding hydrogens is 230 g/mol. The quantitative estimate of drug-likeness (QED) is 0.758. The van der Waals surface area contributed by atoms with Gasteiger partial charge < -0.3 is 0 Å². The standard InChI is InChI=1S/C10H8BrNO/c11-6-10(13)9(7-12)8-4-2-1-3-5-8/h1-5,9H,6H2/t9-/m1/s1. The van der Waals surface area contributed by atoms with Crippen molar-refractivity contribution in [1.82, 2.24) is 0 Å². The van der Waals surface area contributed by atoms with E-state index in [1.54, 1.807) is 12.1 Å². The highest BCUT2D eigenvalue weighted by Gasteiger charge is 2.17. The van der Waals surface area contributed by atoms with Gasteiger partial charge in [-0.25, -0.2) is 0 Å². The summed E-state index contributed by atoms with van der Waals surface area (Å²) in [4.78, 5) is 11.3. The third-order valence-electron chi connectivity index (χ3n) is 1.72. The summed E-state index contributed by atoms with van der Waals surface area (Å²) in [6.45, 7) is 0. The van der Waals surface area contributed by atoms with E-state index in [1.807, 2.05) is 24.3 Å². The van der Waals surface area contributed by atoms with Crippen LogP contribution in [-0.2, 0) is 4.79 Å². The lowest BCUT2D eigenvalue weighted by Gasteiger charge is -2.04. The Labute approximate surface area is 85.3 Å². The van der Waals surface area contributed by atoms with Crippen LogP contribution < -0.4 is 0 Å². The normalized spacial score (nSPS) is 11.7. The van der Waals surface area contributed by atoms with Crippen molar-refractivity contribution in [3.05, 3.63) is 35.9 Å². The molecule has 13 heavy (non-hydrogen) atoms. The molecule has 0 saturated carbocycles. The number of carbonyl (C=O) groups is 1. The third kappa shape index (κ3) is 2.40. The Morgan fingerprint density at radius 2 is 2.08 bits per heavy atom. The van der Waals surface area contributed by atoms with Crippen LogP contribution in [0.15, 0.2) is 30.3 Å². The molecule has 0 fully saturated rings. The van der Waals surface area contributed by atoms with Gasteiger partial charge in [-0.05, 0) is 5.56 Å². The second-order valence-electron chi connectivity index (χ2n) is 2.57. The molecule has 1 atom stereocenters. The molecule has 0 spiro atoms. The van der Waals surface area contributed by atoms with Crippen LogP contribution in [0.4, 0.5) is 0 Å². The Morgan fingerprint density at radius 1 is 1.46 bits per heavy atom. The summed E-state index contributed by atoms with van der Waals surface area (Å²) in [5.41, 5.74) is 0.759. The molecule has 0 unspecified atom stereocenters. The average molecular weight is 238 g/mol. The second-order valence-corrected chi connectivity index (χ2v) is 3.13. The summed E-state index contributed by atoms with van der Waals surface area (Å²) >= 11 is 3.05. The number of hydrogen-bond donors (Lipinski definition) is 0. The van der Waals surface area contributed by atoms with Gasteiger partial charge in [-0.15, -0.1) is 0 Å². The van der Waals surface area contributed by atoms with Crippen molar-refractivity contribution in [3.8, 4) is 6.07 Å². The molecule has 2 nitrogen and oxygen atoms in total. The predicted octanol–water partition coefficient (Wildman–Crippen LogP) is 2.26. The van der Waals surface area contributed by atoms with Gasteiger partial charge in [-0.2, -0.15) is 5.26 Å². The SMILES string of the molecule is N#C[C@@H](C(=O)CBr)c1ccccc1. The highest BCUT2D eigenvalue weighted by atomic mass is 79.9. The molecule has 0 N–H and O–H groups in total. The Balaban J connectivity index is 2.93. The first kappa shape index (κ1) is 9.94. The summed E-state index contributed by atoms with van der Waals surface area (Å²) < 4.78 is 0. The van der Waals surface area contributed by atoms with Gasteiger partial charge in [0.1, 0.15) is 5.92 Å². The lowest BCUT2D eigenvalue weighted by atomic mass is 9.97. The van der Waals surface area contributed by atoms with E-state index in [9.17, 15) is 4.79 Å². The van der Waals surface area contributed by atoms with Crippen molar-refractivity contribution in [2.45, 2.75) is 5.92 Å². The van der Waals surface area contributed by atoms with Gasteiger partial charge in [-0.1, -0.05) is 46.3 Å². The first-order valence-electron chi connectivity index (χ1n) is 3.83. The van der Waals surface area contributed by atoms with Crippen LogP contribution >= 0.6 is 15.9 Å². The number of benzene rings is 1. The van der Waals surface area contributed by atoms with E-state index in [1.165, 1.54) is 0 Å². The number of halogens is 1. The minimum absolute atomic E-state index is 0.103. The minimum Gasteiger partial charge on any atom is -0.297 e. The molecule has 3 heteroatoms. The van der Waals surface area contributed by atoms with Gasteiger partial charge in [0.05, 0.1) is 11.4 Å². The van der Waals surface area contributed by atoms with Crippen molar-refractivity contribution < 1.29 is 4.79 Å². The number of carbonyl (C=O) groups excluding carboxylic acids is 1.